The van der Waals surface area contributed by atoms with Crippen LogP contribution in [0.15, 0.2) is 0 Å². The zero-order valence-corrected chi connectivity index (χ0v) is 10.1. The average molecular weight is 224 g/mol. The normalized spacial score (nSPS) is 35.4. The number of aliphatic hydroxyl groups is 1. The van der Waals surface area contributed by atoms with E-state index in [-0.39, 0.29) is 0 Å². The summed E-state index contributed by atoms with van der Waals surface area (Å²) in [5.74, 6) is 0.537. The summed E-state index contributed by atoms with van der Waals surface area (Å²) in [6, 6.07) is 0.850. The Kier molecular flexibility index (Phi) is 2.94. The van der Waals surface area contributed by atoms with Gasteiger partial charge in [-0.3, -0.25) is 4.90 Å². The lowest BCUT2D eigenvalue weighted by molar-refractivity contribution is 0.0945. The number of hydrogen-bond donors (Lipinski definition) is 2. The molecule has 92 valence electrons. The quantitative estimate of drug-likeness (QED) is 0.729. The molecule has 0 unspecified atom stereocenters. The Hall–Kier alpha value is -0.120. The van der Waals surface area contributed by atoms with E-state index >= 15 is 0 Å². The molecule has 3 fully saturated rings. The van der Waals surface area contributed by atoms with E-state index in [0.29, 0.717) is 17.9 Å². The Bertz CT molecular complexity index is 246. The van der Waals surface area contributed by atoms with Crippen molar-refractivity contribution in [1.29, 1.82) is 0 Å². The molecule has 0 amide bonds. The van der Waals surface area contributed by atoms with Gasteiger partial charge < -0.3 is 10.4 Å². The largest absolute Gasteiger partial charge is 0.396 e. The number of aliphatic hydroxyl groups excluding tert-OH is 1. The Morgan fingerprint density at radius 2 is 2.00 bits per heavy atom. The SMILES string of the molecule is OC[C@H]1CN(C2CCC2)CC12CCNCC2. The number of nitrogens with one attached hydrogen (secondary N) is 1. The lowest BCUT2D eigenvalue weighted by atomic mass is 9.71. The molecule has 3 aliphatic rings. The van der Waals surface area contributed by atoms with Gasteiger partial charge in [-0.2, -0.15) is 0 Å². The van der Waals surface area contributed by atoms with Gasteiger partial charge in [-0.1, -0.05) is 6.42 Å². The monoisotopic (exact) mass is 224 g/mol. The molecule has 2 aliphatic heterocycles. The van der Waals surface area contributed by atoms with Crippen LogP contribution in [0, 0.1) is 11.3 Å². The van der Waals surface area contributed by atoms with Gasteiger partial charge in [-0.05, 0) is 44.2 Å². The molecule has 0 aromatic carbocycles. The van der Waals surface area contributed by atoms with Crippen LogP contribution in [0.3, 0.4) is 0 Å². The highest BCUT2D eigenvalue weighted by molar-refractivity contribution is 5.01. The van der Waals surface area contributed by atoms with Crippen molar-refractivity contribution in [2.45, 2.75) is 38.1 Å². The molecular weight excluding hydrogens is 200 g/mol. The van der Waals surface area contributed by atoms with E-state index < -0.39 is 0 Å². The second-order valence-corrected chi connectivity index (χ2v) is 6.01. The highest BCUT2D eigenvalue weighted by Crippen LogP contribution is 2.45. The first kappa shape index (κ1) is 11.0. The van der Waals surface area contributed by atoms with E-state index in [0.717, 1.165) is 25.7 Å². The van der Waals surface area contributed by atoms with E-state index in [1.54, 1.807) is 0 Å². The predicted molar refractivity (Wildman–Crippen MR) is 64.3 cm³/mol. The fourth-order valence-electron chi connectivity index (χ4n) is 3.85. The highest BCUT2D eigenvalue weighted by atomic mass is 16.3. The molecule has 0 aromatic rings. The van der Waals surface area contributed by atoms with E-state index in [4.69, 9.17) is 0 Å². The zero-order valence-electron chi connectivity index (χ0n) is 10.1. The second kappa shape index (κ2) is 4.28. The van der Waals surface area contributed by atoms with Gasteiger partial charge in [0.25, 0.3) is 0 Å². The molecule has 1 aliphatic carbocycles. The minimum absolute atomic E-state index is 0.392. The Morgan fingerprint density at radius 1 is 1.25 bits per heavy atom. The van der Waals surface area contributed by atoms with Crippen LogP contribution in [0.1, 0.15) is 32.1 Å². The molecule has 2 heterocycles. The van der Waals surface area contributed by atoms with Crippen LogP contribution >= 0.6 is 0 Å². The topological polar surface area (TPSA) is 35.5 Å². The summed E-state index contributed by atoms with van der Waals surface area (Å²) in [4.78, 5) is 2.68. The van der Waals surface area contributed by atoms with Crippen molar-refractivity contribution < 1.29 is 5.11 Å². The van der Waals surface area contributed by atoms with Crippen molar-refractivity contribution in [3.05, 3.63) is 0 Å². The maximum Gasteiger partial charge on any atom is 0.0477 e. The van der Waals surface area contributed by atoms with Crippen molar-refractivity contribution in [1.82, 2.24) is 10.2 Å². The first-order valence-electron chi connectivity index (χ1n) is 6.90. The minimum Gasteiger partial charge on any atom is -0.396 e. The van der Waals surface area contributed by atoms with Crippen LogP contribution in [0.25, 0.3) is 0 Å². The first-order valence-corrected chi connectivity index (χ1v) is 6.90. The predicted octanol–water partition coefficient (Wildman–Crippen LogP) is 0.833. The molecule has 3 heteroatoms. The summed E-state index contributed by atoms with van der Waals surface area (Å²) in [5, 5.41) is 13.1. The molecule has 2 saturated heterocycles. The summed E-state index contributed by atoms with van der Waals surface area (Å²) < 4.78 is 0. The molecule has 0 aromatic heterocycles. The lowest BCUT2D eigenvalue weighted by Crippen LogP contribution is -2.44. The standard InChI is InChI=1S/C13H24N2O/c16-9-11-8-15(12-2-1-3-12)10-13(11)4-6-14-7-5-13/h11-12,14,16H,1-10H2/t11-/m1/s1. The number of rotatable bonds is 2. The molecule has 2 N–H and O–H groups in total. The highest BCUT2D eigenvalue weighted by Gasteiger charge is 2.48. The third-order valence-corrected chi connectivity index (χ3v) is 5.25. The summed E-state index contributed by atoms with van der Waals surface area (Å²) in [5.41, 5.74) is 0.440. The van der Waals surface area contributed by atoms with Gasteiger partial charge in [0, 0.05) is 31.7 Å². The van der Waals surface area contributed by atoms with Gasteiger partial charge in [-0.15, -0.1) is 0 Å². The molecular formula is C13H24N2O. The summed E-state index contributed by atoms with van der Waals surface area (Å²) >= 11 is 0. The molecule has 0 bridgehead atoms. The second-order valence-electron chi connectivity index (χ2n) is 6.01. The fourth-order valence-corrected chi connectivity index (χ4v) is 3.85. The number of likely N-dealkylation sites (tertiary alicyclic amines) is 1. The van der Waals surface area contributed by atoms with Gasteiger partial charge in [-0.25, -0.2) is 0 Å². The molecule has 1 saturated carbocycles. The summed E-state index contributed by atoms with van der Waals surface area (Å²) in [7, 11) is 0. The molecule has 1 atom stereocenters. The van der Waals surface area contributed by atoms with E-state index in [9.17, 15) is 5.11 Å². The third-order valence-electron chi connectivity index (χ3n) is 5.25. The van der Waals surface area contributed by atoms with Crippen LogP contribution in [-0.4, -0.2) is 48.8 Å². The minimum atomic E-state index is 0.392. The van der Waals surface area contributed by atoms with Gasteiger partial charge in [0.05, 0.1) is 0 Å². The molecule has 16 heavy (non-hydrogen) atoms. The Labute approximate surface area is 98.2 Å². The van der Waals surface area contributed by atoms with Crippen molar-refractivity contribution >= 4 is 0 Å². The number of piperidine rings is 1. The Morgan fingerprint density at radius 3 is 2.56 bits per heavy atom. The van der Waals surface area contributed by atoms with Gasteiger partial charge in [0.2, 0.25) is 0 Å². The van der Waals surface area contributed by atoms with Crippen LogP contribution in [0.5, 0.6) is 0 Å². The van der Waals surface area contributed by atoms with Gasteiger partial charge in [0.1, 0.15) is 0 Å². The summed E-state index contributed by atoms with van der Waals surface area (Å²) in [6.07, 6.45) is 6.74. The summed E-state index contributed by atoms with van der Waals surface area (Å²) in [6.45, 7) is 5.10. The van der Waals surface area contributed by atoms with E-state index in [1.165, 1.54) is 38.6 Å². The fraction of sp³-hybridized carbons (Fsp3) is 1.00. The van der Waals surface area contributed by atoms with Crippen molar-refractivity contribution in [2.24, 2.45) is 11.3 Å². The van der Waals surface area contributed by atoms with Crippen LogP contribution in [0.4, 0.5) is 0 Å². The van der Waals surface area contributed by atoms with E-state index in [1.807, 2.05) is 0 Å². The van der Waals surface area contributed by atoms with Gasteiger partial charge >= 0.3 is 0 Å². The Balaban J connectivity index is 1.71. The first-order chi connectivity index (χ1) is 7.84. The maximum absolute atomic E-state index is 9.63. The molecule has 1 spiro atoms. The lowest BCUT2D eigenvalue weighted by Gasteiger charge is -2.39. The molecule has 3 nitrogen and oxygen atoms in total. The van der Waals surface area contributed by atoms with Crippen molar-refractivity contribution in [3.63, 3.8) is 0 Å². The maximum atomic E-state index is 9.63. The van der Waals surface area contributed by atoms with Crippen LogP contribution in [0.2, 0.25) is 0 Å². The third kappa shape index (κ3) is 1.69. The average Bonchev–Trinajstić information content (AvgIpc) is 2.55. The number of hydrogen-bond acceptors (Lipinski definition) is 3. The van der Waals surface area contributed by atoms with Crippen molar-refractivity contribution in [3.8, 4) is 0 Å². The van der Waals surface area contributed by atoms with Crippen LogP contribution < -0.4 is 5.32 Å². The zero-order chi connectivity index (χ0) is 11.0. The van der Waals surface area contributed by atoms with Crippen LogP contribution in [-0.2, 0) is 0 Å². The van der Waals surface area contributed by atoms with Crippen molar-refractivity contribution in [2.75, 3.05) is 32.8 Å². The smallest absolute Gasteiger partial charge is 0.0477 e. The van der Waals surface area contributed by atoms with E-state index in [2.05, 4.69) is 10.2 Å². The molecule has 0 radical (unpaired) electrons. The van der Waals surface area contributed by atoms with Gasteiger partial charge in [0.15, 0.2) is 0 Å². The molecule has 3 rings (SSSR count). The number of nitrogens with zero attached hydrogens (tertiary/aromatic N) is 1.